The number of aromatic nitrogens is 2. The van der Waals surface area contributed by atoms with E-state index in [1.807, 2.05) is 56.9 Å². The zero-order valence-electron chi connectivity index (χ0n) is 19.2. The fourth-order valence-corrected chi connectivity index (χ4v) is 3.17. The van der Waals surface area contributed by atoms with E-state index in [1.54, 1.807) is 4.90 Å². The van der Waals surface area contributed by atoms with E-state index in [4.69, 9.17) is 15.0 Å². The van der Waals surface area contributed by atoms with Crippen LogP contribution in [-0.4, -0.2) is 70.3 Å². The molecule has 1 aromatic heterocycles. The molecular formula is C22H33IN6O3. The minimum Gasteiger partial charge on any atom is -0.444 e. The van der Waals surface area contributed by atoms with Crippen molar-refractivity contribution in [2.75, 3.05) is 32.7 Å². The van der Waals surface area contributed by atoms with Crippen molar-refractivity contribution in [3.63, 3.8) is 0 Å². The molecule has 1 saturated heterocycles. The Kier molecular flexibility index (Phi) is 9.29. The standard InChI is InChI=1S/C22H32N6O3.HI/c1-5-18-25-19(31-26-18)17-8-6-16(7-9-17)10-11-24-20(23)27-12-14-28(15-13-27)21(29)30-22(2,3)4;/h6-9H,5,10-15H2,1-4H3,(H2,23,24);1H. The van der Waals surface area contributed by atoms with Crippen LogP contribution < -0.4 is 5.73 Å². The molecule has 0 saturated carbocycles. The number of hydrogen-bond acceptors (Lipinski definition) is 6. The van der Waals surface area contributed by atoms with Gasteiger partial charge in [0.1, 0.15) is 5.60 Å². The van der Waals surface area contributed by atoms with Crippen molar-refractivity contribution in [3.8, 4) is 11.5 Å². The van der Waals surface area contributed by atoms with E-state index in [1.165, 1.54) is 0 Å². The Labute approximate surface area is 206 Å². The molecule has 10 heteroatoms. The van der Waals surface area contributed by atoms with Crippen LogP contribution in [0.1, 0.15) is 39.1 Å². The Morgan fingerprint density at radius 3 is 2.34 bits per heavy atom. The molecule has 9 nitrogen and oxygen atoms in total. The van der Waals surface area contributed by atoms with Gasteiger partial charge in [0, 0.05) is 44.7 Å². The maximum Gasteiger partial charge on any atom is 0.410 e. The third kappa shape index (κ3) is 7.35. The van der Waals surface area contributed by atoms with Crippen LogP contribution in [0.5, 0.6) is 0 Å². The summed E-state index contributed by atoms with van der Waals surface area (Å²) in [5.41, 5.74) is 7.74. The van der Waals surface area contributed by atoms with Crippen LogP contribution in [0.4, 0.5) is 4.79 Å². The third-order valence-electron chi connectivity index (χ3n) is 4.91. The number of guanidine groups is 1. The summed E-state index contributed by atoms with van der Waals surface area (Å²) in [4.78, 5) is 24.7. The van der Waals surface area contributed by atoms with Gasteiger partial charge in [-0.3, -0.25) is 4.99 Å². The van der Waals surface area contributed by atoms with Crippen LogP contribution in [0.2, 0.25) is 0 Å². The first-order valence-corrected chi connectivity index (χ1v) is 10.7. The highest BCUT2D eigenvalue weighted by atomic mass is 127. The van der Waals surface area contributed by atoms with Crippen LogP contribution in [0.25, 0.3) is 11.5 Å². The minimum absolute atomic E-state index is 0. The van der Waals surface area contributed by atoms with Crippen LogP contribution in [0.15, 0.2) is 33.8 Å². The van der Waals surface area contributed by atoms with Crippen LogP contribution in [0.3, 0.4) is 0 Å². The predicted octanol–water partition coefficient (Wildman–Crippen LogP) is 3.33. The Morgan fingerprint density at radius 2 is 1.78 bits per heavy atom. The van der Waals surface area contributed by atoms with Crippen LogP contribution in [0, 0.1) is 0 Å². The lowest BCUT2D eigenvalue weighted by Gasteiger charge is -2.36. The molecule has 0 aliphatic carbocycles. The second kappa shape index (κ2) is 11.5. The number of aryl methyl sites for hydroxylation is 1. The van der Waals surface area contributed by atoms with Gasteiger partial charge >= 0.3 is 6.09 Å². The fraction of sp³-hybridized carbons (Fsp3) is 0.545. The Morgan fingerprint density at radius 1 is 1.16 bits per heavy atom. The second-order valence-electron chi connectivity index (χ2n) is 8.51. The summed E-state index contributed by atoms with van der Waals surface area (Å²) < 4.78 is 10.7. The zero-order valence-corrected chi connectivity index (χ0v) is 21.5. The summed E-state index contributed by atoms with van der Waals surface area (Å²) in [5.74, 6) is 1.76. The topological polar surface area (TPSA) is 110 Å². The first kappa shape index (κ1) is 25.9. The van der Waals surface area contributed by atoms with E-state index in [0.717, 1.165) is 24.0 Å². The highest BCUT2D eigenvalue weighted by Crippen LogP contribution is 2.18. The molecule has 1 aliphatic heterocycles. The highest BCUT2D eigenvalue weighted by Gasteiger charge is 2.26. The van der Waals surface area contributed by atoms with E-state index in [9.17, 15) is 4.79 Å². The lowest BCUT2D eigenvalue weighted by molar-refractivity contribution is 0.0186. The molecule has 2 aromatic rings. The molecule has 3 rings (SSSR count). The van der Waals surface area contributed by atoms with E-state index in [-0.39, 0.29) is 30.1 Å². The van der Waals surface area contributed by atoms with Crippen molar-refractivity contribution in [1.82, 2.24) is 19.9 Å². The molecular weight excluding hydrogens is 523 g/mol. The fourth-order valence-electron chi connectivity index (χ4n) is 3.17. The van der Waals surface area contributed by atoms with Crippen molar-refractivity contribution in [3.05, 3.63) is 35.7 Å². The normalized spacial score (nSPS) is 14.8. The van der Waals surface area contributed by atoms with E-state index >= 15 is 0 Å². The molecule has 1 aliphatic rings. The summed E-state index contributed by atoms with van der Waals surface area (Å²) in [5, 5.41) is 3.93. The molecule has 2 N–H and O–H groups in total. The lowest BCUT2D eigenvalue weighted by Crippen LogP contribution is -2.53. The van der Waals surface area contributed by atoms with Gasteiger partial charge in [-0.05, 0) is 44.9 Å². The van der Waals surface area contributed by atoms with Crippen molar-refractivity contribution >= 4 is 36.0 Å². The van der Waals surface area contributed by atoms with E-state index in [0.29, 0.717) is 50.4 Å². The number of carbonyl (C=O) groups is 1. The number of halogens is 1. The highest BCUT2D eigenvalue weighted by molar-refractivity contribution is 14.0. The molecule has 32 heavy (non-hydrogen) atoms. The third-order valence-corrected chi connectivity index (χ3v) is 4.91. The summed E-state index contributed by atoms with van der Waals surface area (Å²) in [7, 11) is 0. The zero-order chi connectivity index (χ0) is 22.4. The average molecular weight is 556 g/mol. The lowest BCUT2D eigenvalue weighted by atomic mass is 10.1. The number of amides is 1. The number of rotatable bonds is 5. The van der Waals surface area contributed by atoms with Gasteiger partial charge in [0.15, 0.2) is 11.8 Å². The number of aliphatic imine (C=N–C) groups is 1. The van der Waals surface area contributed by atoms with Gasteiger partial charge in [-0.1, -0.05) is 24.2 Å². The maximum atomic E-state index is 12.2. The van der Waals surface area contributed by atoms with Gasteiger partial charge in [0.2, 0.25) is 0 Å². The van der Waals surface area contributed by atoms with Gasteiger partial charge in [-0.25, -0.2) is 4.79 Å². The Bertz CT molecular complexity index is 899. The molecule has 2 heterocycles. The van der Waals surface area contributed by atoms with Gasteiger partial charge < -0.3 is 24.8 Å². The largest absolute Gasteiger partial charge is 0.444 e. The van der Waals surface area contributed by atoms with Gasteiger partial charge in [-0.2, -0.15) is 4.98 Å². The second-order valence-corrected chi connectivity index (χ2v) is 8.51. The van der Waals surface area contributed by atoms with Crippen molar-refractivity contribution in [2.45, 2.75) is 46.1 Å². The number of hydrogen-bond donors (Lipinski definition) is 1. The quantitative estimate of drug-likeness (QED) is 0.342. The first-order valence-electron chi connectivity index (χ1n) is 10.7. The minimum atomic E-state index is -0.489. The smallest absolute Gasteiger partial charge is 0.410 e. The number of carbonyl (C=O) groups excluding carboxylic acids is 1. The monoisotopic (exact) mass is 556 g/mol. The summed E-state index contributed by atoms with van der Waals surface area (Å²) in [6.45, 7) is 10.6. The van der Waals surface area contributed by atoms with Gasteiger partial charge in [-0.15, -0.1) is 24.0 Å². The van der Waals surface area contributed by atoms with E-state index < -0.39 is 5.60 Å². The summed E-state index contributed by atoms with van der Waals surface area (Å²) in [6, 6.07) is 8.03. The summed E-state index contributed by atoms with van der Waals surface area (Å²) in [6.07, 6.45) is 1.25. The van der Waals surface area contributed by atoms with Crippen molar-refractivity contribution < 1.29 is 14.1 Å². The molecule has 0 spiro atoms. The average Bonchev–Trinajstić information content (AvgIpc) is 3.22. The van der Waals surface area contributed by atoms with Crippen molar-refractivity contribution in [2.24, 2.45) is 10.7 Å². The van der Waals surface area contributed by atoms with Gasteiger partial charge in [0.05, 0.1) is 0 Å². The SMILES string of the molecule is CCc1noc(-c2ccc(CCN=C(N)N3CCN(C(=O)OC(C)(C)C)CC3)cc2)n1.I. The Hall–Kier alpha value is -2.37. The summed E-state index contributed by atoms with van der Waals surface area (Å²) >= 11 is 0. The number of nitrogens with two attached hydrogens (primary N) is 1. The van der Waals surface area contributed by atoms with E-state index in [2.05, 4.69) is 15.1 Å². The molecule has 0 radical (unpaired) electrons. The number of benzene rings is 1. The van der Waals surface area contributed by atoms with Gasteiger partial charge in [0.25, 0.3) is 5.89 Å². The van der Waals surface area contributed by atoms with Crippen LogP contribution in [-0.2, 0) is 17.6 Å². The van der Waals surface area contributed by atoms with Crippen molar-refractivity contribution in [1.29, 1.82) is 0 Å². The molecule has 1 aromatic carbocycles. The molecule has 0 unspecified atom stereocenters. The van der Waals surface area contributed by atoms with Crippen LogP contribution >= 0.6 is 24.0 Å². The number of nitrogens with zero attached hydrogens (tertiary/aromatic N) is 5. The molecule has 0 bridgehead atoms. The molecule has 1 fully saturated rings. The molecule has 0 atom stereocenters. The molecule has 176 valence electrons. The predicted molar refractivity (Wildman–Crippen MR) is 134 cm³/mol. The first-order chi connectivity index (χ1) is 14.7. The number of piperazine rings is 1. The number of ether oxygens (including phenoxy) is 1. The Balaban J connectivity index is 0.00000363. The maximum absolute atomic E-state index is 12.2. The molecule has 1 amide bonds.